The molecule has 0 fully saturated rings. The summed E-state index contributed by atoms with van der Waals surface area (Å²) in [6.07, 6.45) is 3.23. The van der Waals surface area contributed by atoms with Crippen molar-refractivity contribution in [2.45, 2.75) is 19.3 Å². The van der Waals surface area contributed by atoms with Crippen LogP contribution in [0.5, 0.6) is 0 Å². The number of benzene rings is 2. The van der Waals surface area contributed by atoms with E-state index in [2.05, 4.69) is 15.9 Å². The van der Waals surface area contributed by atoms with Gasteiger partial charge in [0.25, 0.3) is 0 Å². The van der Waals surface area contributed by atoms with Crippen LogP contribution < -0.4 is 0 Å². The largest absolute Gasteiger partial charge is 0.288 e. The van der Waals surface area contributed by atoms with Crippen LogP contribution in [-0.4, -0.2) is 5.78 Å². The molecule has 3 heteroatoms. The lowest BCUT2D eigenvalue weighted by Crippen LogP contribution is -2.05. The molecular formula is C16H12BrFO. The zero-order valence-electron chi connectivity index (χ0n) is 10.2. The fourth-order valence-corrected chi connectivity index (χ4v) is 2.91. The predicted octanol–water partition coefficient (Wildman–Crippen LogP) is 4.31. The molecule has 96 valence electrons. The number of rotatable bonds is 2. The first kappa shape index (κ1) is 12.5. The Labute approximate surface area is 119 Å². The number of hydrogen-bond donors (Lipinski definition) is 0. The Morgan fingerprint density at radius 1 is 1.11 bits per heavy atom. The van der Waals surface area contributed by atoms with E-state index in [4.69, 9.17) is 0 Å². The van der Waals surface area contributed by atoms with Gasteiger partial charge >= 0.3 is 0 Å². The van der Waals surface area contributed by atoms with Gasteiger partial charge in [-0.05, 0) is 64.5 Å². The van der Waals surface area contributed by atoms with Crippen LogP contribution >= 0.6 is 15.9 Å². The normalized spacial score (nSPS) is 13.4. The van der Waals surface area contributed by atoms with Gasteiger partial charge in [0.15, 0.2) is 5.78 Å². The second kappa shape index (κ2) is 4.89. The Kier molecular flexibility index (Phi) is 3.23. The van der Waals surface area contributed by atoms with Crippen LogP contribution in [0.2, 0.25) is 0 Å². The Balaban J connectivity index is 2.02. The zero-order chi connectivity index (χ0) is 13.4. The minimum atomic E-state index is -0.493. The summed E-state index contributed by atoms with van der Waals surface area (Å²) >= 11 is 3.11. The van der Waals surface area contributed by atoms with Crippen molar-refractivity contribution in [3.63, 3.8) is 0 Å². The van der Waals surface area contributed by atoms with Crippen molar-refractivity contribution in [1.29, 1.82) is 0 Å². The summed E-state index contributed by atoms with van der Waals surface area (Å²) in [5, 5.41) is 0. The lowest BCUT2D eigenvalue weighted by molar-refractivity contribution is 0.103. The quantitative estimate of drug-likeness (QED) is 0.754. The molecule has 0 aromatic heterocycles. The van der Waals surface area contributed by atoms with Gasteiger partial charge in [-0.1, -0.05) is 18.2 Å². The second-order valence-corrected chi connectivity index (χ2v) is 5.62. The number of carbonyl (C=O) groups is 1. The van der Waals surface area contributed by atoms with Crippen molar-refractivity contribution in [3.8, 4) is 0 Å². The van der Waals surface area contributed by atoms with E-state index in [1.165, 1.54) is 17.2 Å². The highest BCUT2D eigenvalue weighted by atomic mass is 79.9. The van der Waals surface area contributed by atoms with Gasteiger partial charge in [0, 0.05) is 5.56 Å². The molecule has 2 aromatic carbocycles. The number of halogens is 2. The molecule has 0 unspecified atom stereocenters. The summed E-state index contributed by atoms with van der Waals surface area (Å²) < 4.78 is 14.3. The van der Waals surface area contributed by atoms with Crippen molar-refractivity contribution < 1.29 is 9.18 Å². The van der Waals surface area contributed by atoms with E-state index in [0.717, 1.165) is 19.3 Å². The Bertz CT molecular complexity index is 664. The molecule has 0 heterocycles. The number of hydrogen-bond acceptors (Lipinski definition) is 1. The monoisotopic (exact) mass is 318 g/mol. The van der Waals surface area contributed by atoms with Crippen molar-refractivity contribution in [2.75, 3.05) is 0 Å². The molecule has 2 aromatic rings. The van der Waals surface area contributed by atoms with Gasteiger partial charge in [0.05, 0.1) is 10.0 Å². The predicted molar refractivity (Wildman–Crippen MR) is 76.0 cm³/mol. The molecule has 0 bridgehead atoms. The Morgan fingerprint density at radius 3 is 2.74 bits per heavy atom. The third-order valence-corrected chi connectivity index (χ3v) is 4.17. The van der Waals surface area contributed by atoms with E-state index in [1.807, 2.05) is 12.1 Å². The maximum atomic E-state index is 13.9. The molecule has 1 nitrogen and oxygen atoms in total. The molecule has 0 saturated heterocycles. The molecule has 1 aliphatic rings. The first-order chi connectivity index (χ1) is 9.16. The van der Waals surface area contributed by atoms with Crippen LogP contribution in [0.4, 0.5) is 4.39 Å². The Morgan fingerprint density at radius 2 is 1.89 bits per heavy atom. The molecule has 0 atom stereocenters. The molecule has 0 radical (unpaired) electrons. The van der Waals surface area contributed by atoms with Crippen LogP contribution in [0.3, 0.4) is 0 Å². The van der Waals surface area contributed by atoms with Crippen molar-refractivity contribution in [1.82, 2.24) is 0 Å². The van der Waals surface area contributed by atoms with E-state index in [9.17, 15) is 9.18 Å². The third-order valence-electron chi connectivity index (χ3n) is 3.56. The Hall–Kier alpha value is -1.48. The van der Waals surface area contributed by atoms with Crippen molar-refractivity contribution in [2.24, 2.45) is 0 Å². The molecule has 1 aliphatic carbocycles. The SMILES string of the molecule is O=C(c1ccc2c(c1)CCC2)c1cccc(Br)c1F. The van der Waals surface area contributed by atoms with E-state index >= 15 is 0 Å². The zero-order valence-corrected chi connectivity index (χ0v) is 11.8. The highest BCUT2D eigenvalue weighted by Gasteiger charge is 2.18. The van der Waals surface area contributed by atoms with E-state index in [1.54, 1.807) is 18.2 Å². The number of fused-ring (bicyclic) bond motifs is 1. The molecule has 19 heavy (non-hydrogen) atoms. The van der Waals surface area contributed by atoms with Crippen LogP contribution in [0.25, 0.3) is 0 Å². The van der Waals surface area contributed by atoms with Crippen LogP contribution in [0.1, 0.15) is 33.5 Å². The van der Waals surface area contributed by atoms with Gasteiger partial charge in [-0.3, -0.25) is 4.79 Å². The van der Waals surface area contributed by atoms with Gasteiger partial charge < -0.3 is 0 Å². The molecule has 0 spiro atoms. The average molecular weight is 319 g/mol. The molecule has 0 N–H and O–H groups in total. The molecule has 0 amide bonds. The van der Waals surface area contributed by atoms with Gasteiger partial charge in [0.1, 0.15) is 5.82 Å². The van der Waals surface area contributed by atoms with E-state index < -0.39 is 5.82 Å². The van der Waals surface area contributed by atoms with Gasteiger partial charge in [0.2, 0.25) is 0 Å². The minimum Gasteiger partial charge on any atom is -0.288 e. The van der Waals surface area contributed by atoms with Crippen LogP contribution in [0.15, 0.2) is 40.9 Å². The summed E-state index contributed by atoms with van der Waals surface area (Å²) in [5.41, 5.74) is 3.22. The highest BCUT2D eigenvalue weighted by molar-refractivity contribution is 9.10. The molecule has 3 rings (SSSR count). The maximum Gasteiger partial charge on any atom is 0.196 e. The fraction of sp³-hybridized carbons (Fsp3) is 0.188. The fourth-order valence-electron chi connectivity index (χ4n) is 2.55. The van der Waals surface area contributed by atoms with Crippen molar-refractivity contribution >= 4 is 21.7 Å². The number of aryl methyl sites for hydroxylation is 2. The summed E-state index contributed by atoms with van der Waals surface area (Å²) in [6.45, 7) is 0. The summed E-state index contributed by atoms with van der Waals surface area (Å²) in [7, 11) is 0. The number of carbonyl (C=O) groups excluding carboxylic acids is 1. The summed E-state index contributed by atoms with van der Waals surface area (Å²) in [6, 6.07) is 10.5. The highest BCUT2D eigenvalue weighted by Crippen LogP contribution is 2.25. The maximum absolute atomic E-state index is 13.9. The smallest absolute Gasteiger partial charge is 0.196 e. The number of ketones is 1. The van der Waals surface area contributed by atoms with Gasteiger partial charge in [-0.25, -0.2) is 4.39 Å². The minimum absolute atomic E-state index is 0.118. The first-order valence-electron chi connectivity index (χ1n) is 6.27. The second-order valence-electron chi connectivity index (χ2n) is 4.77. The van der Waals surface area contributed by atoms with Gasteiger partial charge in [-0.15, -0.1) is 0 Å². The van der Waals surface area contributed by atoms with Gasteiger partial charge in [-0.2, -0.15) is 0 Å². The van der Waals surface area contributed by atoms with E-state index in [0.29, 0.717) is 10.0 Å². The molecule has 0 aliphatic heterocycles. The lowest BCUT2D eigenvalue weighted by Gasteiger charge is -2.06. The lowest BCUT2D eigenvalue weighted by atomic mass is 9.99. The standard InChI is InChI=1S/C16H12BrFO/c17-14-6-2-5-13(15(14)18)16(19)12-8-7-10-3-1-4-11(10)9-12/h2,5-9H,1,3-4H2. The third kappa shape index (κ3) is 2.23. The summed E-state index contributed by atoms with van der Waals surface area (Å²) in [4.78, 5) is 12.4. The van der Waals surface area contributed by atoms with E-state index in [-0.39, 0.29) is 11.3 Å². The van der Waals surface area contributed by atoms with Crippen molar-refractivity contribution in [3.05, 3.63) is 68.9 Å². The summed E-state index contributed by atoms with van der Waals surface area (Å²) in [5.74, 6) is -0.749. The molecule has 0 saturated carbocycles. The molecular weight excluding hydrogens is 307 g/mol. The van der Waals surface area contributed by atoms with Crippen LogP contribution in [0, 0.1) is 5.82 Å². The average Bonchev–Trinajstić information content (AvgIpc) is 2.88. The van der Waals surface area contributed by atoms with Crippen LogP contribution in [-0.2, 0) is 12.8 Å². The first-order valence-corrected chi connectivity index (χ1v) is 7.06. The topological polar surface area (TPSA) is 17.1 Å².